The number of thioether (sulfide) groups is 1. The molecule has 0 spiro atoms. The Hall–Kier alpha value is -3.89. The maximum atomic E-state index is 12.4. The fourth-order valence-corrected chi connectivity index (χ4v) is 7.00. The highest BCUT2D eigenvalue weighted by atomic mass is 32.2. The highest BCUT2D eigenvalue weighted by molar-refractivity contribution is 7.98. The number of fused-ring (bicyclic) bond motifs is 1. The molecule has 10 heteroatoms. The molecule has 4 heterocycles. The predicted octanol–water partition coefficient (Wildman–Crippen LogP) is 6.63. The monoisotopic (exact) mass is 596 g/mol. The summed E-state index contributed by atoms with van der Waals surface area (Å²) in [7, 11) is 0. The van der Waals surface area contributed by atoms with Gasteiger partial charge in [-0.1, -0.05) is 37.1 Å². The average Bonchev–Trinajstić information content (AvgIpc) is 3.84. The first kappa shape index (κ1) is 27.9. The minimum atomic E-state index is -0.0762. The number of amides is 1. The van der Waals surface area contributed by atoms with E-state index < -0.39 is 0 Å². The van der Waals surface area contributed by atoms with Crippen molar-refractivity contribution in [3.8, 4) is 28.3 Å². The van der Waals surface area contributed by atoms with Crippen molar-refractivity contribution in [3.05, 3.63) is 72.2 Å². The second-order valence-electron chi connectivity index (χ2n) is 11.4. The number of benzene rings is 2. The van der Waals surface area contributed by atoms with Gasteiger partial charge in [0.05, 0.1) is 11.9 Å². The van der Waals surface area contributed by atoms with Crippen molar-refractivity contribution in [1.82, 2.24) is 25.1 Å². The summed E-state index contributed by atoms with van der Waals surface area (Å²) in [6.07, 6.45) is 11.8. The zero-order chi connectivity index (χ0) is 29.0. The molecule has 9 nitrogen and oxygen atoms in total. The Morgan fingerprint density at radius 2 is 1.84 bits per heavy atom. The molecule has 1 aliphatic carbocycles. The molecule has 43 heavy (non-hydrogen) atoms. The molecular formula is C33H36N6O3S. The molecule has 3 aliphatic rings. The number of carbonyl (C=O) groups is 1. The summed E-state index contributed by atoms with van der Waals surface area (Å²) < 4.78 is 13.7. The van der Waals surface area contributed by atoms with Gasteiger partial charge in [0, 0.05) is 52.7 Å². The van der Waals surface area contributed by atoms with Gasteiger partial charge in [-0.15, -0.1) is 0 Å². The number of hydrogen-bond donors (Lipinski definition) is 2. The number of ether oxygens (including phenoxy) is 2. The lowest BCUT2D eigenvalue weighted by Crippen LogP contribution is -2.36. The maximum Gasteiger partial charge on any atom is 0.258 e. The summed E-state index contributed by atoms with van der Waals surface area (Å²) in [5.74, 6) is 3.73. The largest absolute Gasteiger partial charge is 0.484 e. The molecule has 2 fully saturated rings. The van der Waals surface area contributed by atoms with Gasteiger partial charge in [0.2, 0.25) is 0 Å². The van der Waals surface area contributed by atoms with Crippen LogP contribution in [0.25, 0.3) is 22.5 Å². The fourth-order valence-electron chi connectivity index (χ4n) is 5.96. The number of rotatable bonds is 9. The van der Waals surface area contributed by atoms with Crippen molar-refractivity contribution >= 4 is 29.2 Å². The SMILES string of the molecule is O=C(COc1cccc(-c2nc3c(c(Nc4ccc(-c5cnn(C6CCCCO6)c5)cc4)n2)CSC3)c1)NC1CCCC1. The van der Waals surface area contributed by atoms with Crippen LogP contribution in [-0.2, 0) is 21.0 Å². The number of hydrogen-bond acceptors (Lipinski definition) is 8. The van der Waals surface area contributed by atoms with Gasteiger partial charge >= 0.3 is 0 Å². The topological polar surface area (TPSA) is 103 Å². The van der Waals surface area contributed by atoms with E-state index in [1.807, 2.05) is 46.9 Å². The molecule has 1 amide bonds. The molecule has 1 unspecified atom stereocenters. The Morgan fingerprint density at radius 3 is 2.67 bits per heavy atom. The number of aromatic nitrogens is 4. The molecule has 1 saturated carbocycles. The smallest absolute Gasteiger partial charge is 0.258 e. The second kappa shape index (κ2) is 12.8. The van der Waals surface area contributed by atoms with E-state index in [2.05, 4.69) is 46.2 Å². The van der Waals surface area contributed by atoms with Crippen LogP contribution in [0.15, 0.2) is 60.9 Å². The molecule has 7 rings (SSSR count). The van der Waals surface area contributed by atoms with Gasteiger partial charge in [-0.25, -0.2) is 14.6 Å². The van der Waals surface area contributed by atoms with Crippen molar-refractivity contribution < 1.29 is 14.3 Å². The predicted molar refractivity (Wildman–Crippen MR) is 168 cm³/mol. The summed E-state index contributed by atoms with van der Waals surface area (Å²) in [6, 6.07) is 16.3. The molecule has 0 bridgehead atoms. The summed E-state index contributed by atoms with van der Waals surface area (Å²) in [4.78, 5) is 22.2. The van der Waals surface area contributed by atoms with Crippen LogP contribution in [0, 0.1) is 0 Å². The van der Waals surface area contributed by atoms with Crippen molar-refractivity contribution in [1.29, 1.82) is 0 Å². The number of nitrogens with one attached hydrogen (secondary N) is 2. The molecule has 0 radical (unpaired) electrons. The Labute approximate surface area is 255 Å². The molecule has 2 aliphatic heterocycles. The lowest BCUT2D eigenvalue weighted by Gasteiger charge is -2.22. The van der Waals surface area contributed by atoms with E-state index >= 15 is 0 Å². The Balaban J connectivity index is 1.05. The van der Waals surface area contributed by atoms with Gasteiger partial charge in [0.15, 0.2) is 12.4 Å². The van der Waals surface area contributed by atoms with Crippen LogP contribution in [-0.4, -0.2) is 44.9 Å². The highest BCUT2D eigenvalue weighted by Crippen LogP contribution is 2.36. The Morgan fingerprint density at radius 1 is 0.977 bits per heavy atom. The van der Waals surface area contributed by atoms with E-state index in [-0.39, 0.29) is 24.8 Å². The van der Waals surface area contributed by atoms with Crippen LogP contribution in [0.5, 0.6) is 5.75 Å². The van der Waals surface area contributed by atoms with Crippen molar-refractivity contribution in [2.45, 2.75) is 68.7 Å². The first-order valence-corrected chi connectivity index (χ1v) is 16.4. The van der Waals surface area contributed by atoms with Crippen molar-refractivity contribution in [2.75, 3.05) is 18.5 Å². The van der Waals surface area contributed by atoms with Crippen molar-refractivity contribution in [2.24, 2.45) is 0 Å². The summed E-state index contributed by atoms with van der Waals surface area (Å²) in [6.45, 7) is 0.797. The Bertz CT molecular complexity index is 1580. The molecule has 222 valence electrons. The zero-order valence-electron chi connectivity index (χ0n) is 24.1. The molecule has 2 N–H and O–H groups in total. The van der Waals surface area contributed by atoms with Gasteiger partial charge in [-0.3, -0.25) is 4.79 Å². The van der Waals surface area contributed by atoms with Crippen LogP contribution < -0.4 is 15.4 Å². The standard InChI is InChI=1S/C33H36N6O3S/c40-30(35-25-7-1-2-8-25)19-42-27-9-5-6-23(16-27)32-37-29-21-43-20-28(29)33(38-32)36-26-13-11-22(12-14-26)24-17-34-39(18-24)31-10-3-4-15-41-31/h5-6,9,11-14,16-18,25,31H,1-4,7-8,10,15,19-21H2,(H,35,40)(H,36,37,38). The van der Waals surface area contributed by atoms with Crippen LogP contribution in [0.4, 0.5) is 11.5 Å². The zero-order valence-corrected chi connectivity index (χ0v) is 24.9. The number of anilines is 2. The third kappa shape index (κ3) is 6.55. The van der Waals surface area contributed by atoms with Crippen LogP contribution in [0.2, 0.25) is 0 Å². The average molecular weight is 597 g/mol. The highest BCUT2D eigenvalue weighted by Gasteiger charge is 2.22. The fraction of sp³-hybridized carbons (Fsp3) is 0.394. The third-order valence-corrected chi connectivity index (χ3v) is 9.26. The molecule has 2 aromatic carbocycles. The van der Waals surface area contributed by atoms with Crippen LogP contribution >= 0.6 is 11.8 Å². The number of carbonyl (C=O) groups excluding carboxylic acids is 1. The van der Waals surface area contributed by atoms with E-state index in [0.29, 0.717) is 11.6 Å². The molecule has 2 aromatic heterocycles. The minimum Gasteiger partial charge on any atom is -0.484 e. The second-order valence-corrected chi connectivity index (χ2v) is 12.4. The summed E-state index contributed by atoms with van der Waals surface area (Å²) in [5, 5.41) is 11.2. The van der Waals surface area contributed by atoms with Gasteiger partial charge in [0.1, 0.15) is 17.8 Å². The molecule has 1 saturated heterocycles. The van der Waals surface area contributed by atoms with E-state index in [4.69, 9.17) is 19.4 Å². The lowest BCUT2D eigenvalue weighted by molar-refractivity contribution is -0.123. The lowest BCUT2D eigenvalue weighted by atomic mass is 10.1. The Kier molecular flexibility index (Phi) is 8.29. The summed E-state index contributed by atoms with van der Waals surface area (Å²) in [5.41, 5.74) is 6.17. The first-order valence-electron chi connectivity index (χ1n) is 15.2. The van der Waals surface area contributed by atoms with E-state index in [1.165, 1.54) is 19.3 Å². The molecule has 1 atom stereocenters. The maximum absolute atomic E-state index is 12.4. The molecule has 4 aromatic rings. The van der Waals surface area contributed by atoms with Crippen LogP contribution in [0.1, 0.15) is 62.4 Å². The first-order chi connectivity index (χ1) is 21.2. The normalized spacial score (nSPS) is 18.4. The van der Waals surface area contributed by atoms with E-state index in [1.54, 1.807) is 0 Å². The van der Waals surface area contributed by atoms with Crippen LogP contribution in [0.3, 0.4) is 0 Å². The summed E-state index contributed by atoms with van der Waals surface area (Å²) >= 11 is 1.84. The number of nitrogens with zero attached hydrogens (tertiary/aromatic N) is 4. The van der Waals surface area contributed by atoms with Gasteiger partial charge in [0.25, 0.3) is 5.91 Å². The van der Waals surface area contributed by atoms with Crippen molar-refractivity contribution in [3.63, 3.8) is 0 Å². The third-order valence-electron chi connectivity index (χ3n) is 8.29. The quantitative estimate of drug-likeness (QED) is 0.222. The minimum absolute atomic E-state index is 0.000411. The van der Waals surface area contributed by atoms with E-state index in [0.717, 1.165) is 83.2 Å². The van der Waals surface area contributed by atoms with Gasteiger partial charge in [-0.05, 0) is 61.9 Å². The van der Waals surface area contributed by atoms with Gasteiger partial charge < -0.3 is 20.1 Å². The van der Waals surface area contributed by atoms with Gasteiger partial charge in [-0.2, -0.15) is 16.9 Å². The molecular weight excluding hydrogens is 560 g/mol. The van der Waals surface area contributed by atoms with E-state index in [9.17, 15) is 4.79 Å².